The number of anilines is 2. The zero-order chi connectivity index (χ0) is 17.8. The van der Waals surface area contributed by atoms with Gasteiger partial charge in [0.25, 0.3) is 5.91 Å². The Hall–Kier alpha value is -1.85. The van der Waals surface area contributed by atoms with Gasteiger partial charge in [-0.2, -0.15) is 0 Å². The van der Waals surface area contributed by atoms with Crippen molar-refractivity contribution in [1.29, 1.82) is 0 Å². The normalized spacial score (nSPS) is 15.0. The number of carbonyl (C=O) groups is 1. The van der Waals surface area contributed by atoms with Crippen molar-refractivity contribution in [1.82, 2.24) is 15.3 Å². The summed E-state index contributed by atoms with van der Waals surface area (Å²) in [6.07, 6.45) is 5.62. The van der Waals surface area contributed by atoms with Crippen molar-refractivity contribution in [3.63, 3.8) is 0 Å². The number of aromatic nitrogens is 2. The minimum atomic E-state index is -0.169. The number of halogens is 2. The summed E-state index contributed by atoms with van der Waals surface area (Å²) in [4.78, 5) is 21.1. The number of hydrogen-bond acceptors (Lipinski definition) is 4. The molecule has 0 radical (unpaired) electrons. The van der Waals surface area contributed by atoms with E-state index in [-0.39, 0.29) is 11.9 Å². The Kier molecular flexibility index (Phi) is 5.76. The summed E-state index contributed by atoms with van der Waals surface area (Å²) in [5, 5.41) is 7.26. The van der Waals surface area contributed by atoms with Crippen LogP contribution in [-0.4, -0.2) is 21.9 Å². The standard InChI is InChI=1S/C18H20Cl2N4O/c1-11-21-16(18(25)23-13-5-3-2-4-6-13)10-17(22-11)24-15-9-12(19)7-8-14(15)20/h7-10,13H,2-6H2,1H3,(H,23,25)(H,21,22,24). The smallest absolute Gasteiger partial charge is 0.270 e. The summed E-state index contributed by atoms with van der Waals surface area (Å²) in [7, 11) is 0. The quantitative estimate of drug-likeness (QED) is 0.793. The lowest BCUT2D eigenvalue weighted by atomic mass is 9.95. The maximum atomic E-state index is 12.5. The van der Waals surface area contributed by atoms with E-state index in [9.17, 15) is 4.79 Å². The maximum Gasteiger partial charge on any atom is 0.270 e. The van der Waals surface area contributed by atoms with Crippen LogP contribution in [0.2, 0.25) is 10.0 Å². The average molecular weight is 379 g/mol. The molecule has 1 aliphatic carbocycles. The van der Waals surface area contributed by atoms with Gasteiger partial charge in [-0.05, 0) is 38.0 Å². The van der Waals surface area contributed by atoms with Crippen LogP contribution in [0, 0.1) is 6.92 Å². The van der Waals surface area contributed by atoms with Crippen molar-refractivity contribution >= 4 is 40.6 Å². The first kappa shape index (κ1) is 18.0. The third-order valence-corrected chi connectivity index (χ3v) is 4.77. The molecule has 1 amide bonds. The number of carbonyl (C=O) groups excluding carboxylic acids is 1. The predicted molar refractivity (Wildman–Crippen MR) is 101 cm³/mol. The molecular formula is C18H20Cl2N4O. The summed E-state index contributed by atoms with van der Waals surface area (Å²) in [5.74, 6) is 0.847. The fourth-order valence-corrected chi connectivity index (χ4v) is 3.32. The third kappa shape index (κ3) is 4.83. The second-order valence-electron chi connectivity index (χ2n) is 6.24. The molecule has 0 bridgehead atoms. The van der Waals surface area contributed by atoms with Gasteiger partial charge < -0.3 is 10.6 Å². The molecule has 1 aromatic heterocycles. The number of rotatable bonds is 4. The zero-order valence-electron chi connectivity index (χ0n) is 14.0. The molecule has 1 heterocycles. The highest BCUT2D eigenvalue weighted by Crippen LogP contribution is 2.28. The maximum absolute atomic E-state index is 12.5. The minimum absolute atomic E-state index is 0.169. The van der Waals surface area contributed by atoms with Crippen LogP contribution < -0.4 is 10.6 Å². The number of amides is 1. The summed E-state index contributed by atoms with van der Waals surface area (Å²) in [5.41, 5.74) is 0.977. The lowest BCUT2D eigenvalue weighted by molar-refractivity contribution is 0.0922. The fourth-order valence-electron chi connectivity index (χ4n) is 2.99. The Morgan fingerprint density at radius 2 is 1.88 bits per heavy atom. The molecule has 7 heteroatoms. The van der Waals surface area contributed by atoms with Crippen molar-refractivity contribution < 1.29 is 4.79 Å². The fraction of sp³-hybridized carbons (Fsp3) is 0.389. The molecule has 0 spiro atoms. The minimum Gasteiger partial charge on any atom is -0.348 e. The summed E-state index contributed by atoms with van der Waals surface area (Å²) >= 11 is 12.2. The molecule has 25 heavy (non-hydrogen) atoms. The summed E-state index contributed by atoms with van der Waals surface area (Å²) in [6, 6.07) is 6.99. The van der Waals surface area contributed by atoms with Crippen molar-refractivity contribution in [3.8, 4) is 0 Å². The Labute approximate surface area is 157 Å². The van der Waals surface area contributed by atoms with Crippen LogP contribution in [0.5, 0.6) is 0 Å². The van der Waals surface area contributed by atoms with Gasteiger partial charge in [0.15, 0.2) is 0 Å². The number of nitrogens with zero attached hydrogens (tertiary/aromatic N) is 2. The van der Waals surface area contributed by atoms with E-state index in [2.05, 4.69) is 20.6 Å². The number of aryl methyl sites for hydroxylation is 1. The zero-order valence-corrected chi connectivity index (χ0v) is 15.5. The molecule has 0 unspecified atom stereocenters. The van der Waals surface area contributed by atoms with Crippen molar-refractivity contribution in [2.24, 2.45) is 0 Å². The molecule has 0 atom stereocenters. The van der Waals surface area contributed by atoms with E-state index in [1.807, 2.05) is 0 Å². The molecule has 1 saturated carbocycles. The van der Waals surface area contributed by atoms with Gasteiger partial charge in [-0.15, -0.1) is 0 Å². The Morgan fingerprint density at radius 1 is 1.12 bits per heavy atom. The molecular weight excluding hydrogens is 359 g/mol. The molecule has 0 aliphatic heterocycles. The van der Waals surface area contributed by atoms with Crippen LogP contribution in [0.15, 0.2) is 24.3 Å². The third-order valence-electron chi connectivity index (χ3n) is 4.20. The second-order valence-corrected chi connectivity index (χ2v) is 7.09. The first-order chi connectivity index (χ1) is 12.0. The highest BCUT2D eigenvalue weighted by atomic mass is 35.5. The molecule has 0 saturated heterocycles. The van der Waals surface area contributed by atoms with Gasteiger partial charge in [0.1, 0.15) is 17.3 Å². The molecule has 132 valence electrons. The van der Waals surface area contributed by atoms with Crippen LogP contribution >= 0.6 is 23.2 Å². The van der Waals surface area contributed by atoms with Crippen LogP contribution in [0.25, 0.3) is 0 Å². The SMILES string of the molecule is Cc1nc(Nc2cc(Cl)ccc2Cl)cc(C(=O)NC2CCCCC2)n1. The molecule has 1 aromatic carbocycles. The van der Waals surface area contributed by atoms with Gasteiger partial charge in [0, 0.05) is 17.1 Å². The molecule has 5 nitrogen and oxygen atoms in total. The number of nitrogens with one attached hydrogen (secondary N) is 2. The van der Waals surface area contributed by atoms with Gasteiger partial charge >= 0.3 is 0 Å². The van der Waals surface area contributed by atoms with Crippen molar-refractivity contribution in [2.75, 3.05) is 5.32 Å². The molecule has 2 aromatic rings. The van der Waals surface area contributed by atoms with Crippen molar-refractivity contribution in [2.45, 2.75) is 45.1 Å². The summed E-state index contributed by atoms with van der Waals surface area (Å²) < 4.78 is 0. The second kappa shape index (κ2) is 8.02. The first-order valence-corrected chi connectivity index (χ1v) is 9.15. The molecule has 3 rings (SSSR count). The van der Waals surface area contributed by atoms with E-state index in [0.29, 0.717) is 33.1 Å². The van der Waals surface area contributed by atoms with E-state index in [0.717, 1.165) is 25.7 Å². The molecule has 2 N–H and O–H groups in total. The van der Waals surface area contributed by atoms with Crippen LogP contribution in [0.1, 0.15) is 48.4 Å². The average Bonchev–Trinajstić information content (AvgIpc) is 2.58. The van der Waals surface area contributed by atoms with Gasteiger partial charge in [0.05, 0.1) is 10.7 Å². The topological polar surface area (TPSA) is 66.9 Å². The predicted octanol–water partition coefficient (Wildman–Crippen LogP) is 4.90. The molecule has 1 aliphatic rings. The first-order valence-electron chi connectivity index (χ1n) is 8.40. The lowest BCUT2D eigenvalue weighted by Crippen LogP contribution is -2.36. The Morgan fingerprint density at radius 3 is 2.64 bits per heavy atom. The van der Waals surface area contributed by atoms with Gasteiger partial charge in [-0.1, -0.05) is 42.5 Å². The lowest BCUT2D eigenvalue weighted by Gasteiger charge is -2.22. The van der Waals surface area contributed by atoms with E-state index >= 15 is 0 Å². The van der Waals surface area contributed by atoms with E-state index < -0.39 is 0 Å². The highest BCUT2D eigenvalue weighted by molar-refractivity contribution is 6.35. The van der Waals surface area contributed by atoms with Gasteiger partial charge in [0.2, 0.25) is 0 Å². The largest absolute Gasteiger partial charge is 0.348 e. The van der Waals surface area contributed by atoms with Crippen molar-refractivity contribution in [3.05, 3.63) is 45.8 Å². The van der Waals surface area contributed by atoms with E-state index in [4.69, 9.17) is 23.2 Å². The molecule has 1 fully saturated rings. The van der Waals surface area contributed by atoms with E-state index in [1.165, 1.54) is 6.42 Å². The Balaban J connectivity index is 1.77. The van der Waals surface area contributed by atoms with Crippen LogP contribution in [0.4, 0.5) is 11.5 Å². The highest BCUT2D eigenvalue weighted by Gasteiger charge is 2.18. The number of benzene rings is 1. The van der Waals surface area contributed by atoms with Gasteiger partial charge in [-0.3, -0.25) is 4.79 Å². The number of hydrogen-bond donors (Lipinski definition) is 2. The van der Waals surface area contributed by atoms with Crippen LogP contribution in [0.3, 0.4) is 0 Å². The van der Waals surface area contributed by atoms with Crippen LogP contribution in [-0.2, 0) is 0 Å². The monoisotopic (exact) mass is 378 g/mol. The van der Waals surface area contributed by atoms with E-state index in [1.54, 1.807) is 31.2 Å². The summed E-state index contributed by atoms with van der Waals surface area (Å²) in [6.45, 7) is 1.75. The van der Waals surface area contributed by atoms with Gasteiger partial charge in [-0.25, -0.2) is 9.97 Å². The Bertz CT molecular complexity index is 776.